The van der Waals surface area contributed by atoms with Crippen molar-refractivity contribution in [2.45, 2.75) is 25.8 Å². The van der Waals surface area contributed by atoms with Crippen LogP contribution in [-0.4, -0.2) is 34.0 Å². The molecule has 6 heteroatoms. The van der Waals surface area contributed by atoms with Crippen LogP contribution in [0.5, 0.6) is 0 Å². The standard InChI is InChI=1S/C11H17N5O/c1-2-3-4-5-7-13-11(17)10-9-16(8-6-12)15-14-10/h1,9H,3-8,12H2,(H,13,17). The van der Waals surface area contributed by atoms with E-state index in [0.29, 0.717) is 25.3 Å². The van der Waals surface area contributed by atoms with Gasteiger partial charge in [-0.25, -0.2) is 0 Å². The van der Waals surface area contributed by atoms with Crippen molar-refractivity contribution in [3.8, 4) is 12.3 Å². The molecule has 0 aliphatic rings. The Hall–Kier alpha value is -1.87. The van der Waals surface area contributed by atoms with Gasteiger partial charge in [-0.2, -0.15) is 0 Å². The number of hydrogen-bond donors (Lipinski definition) is 2. The van der Waals surface area contributed by atoms with Crippen molar-refractivity contribution in [3.05, 3.63) is 11.9 Å². The van der Waals surface area contributed by atoms with Crippen molar-refractivity contribution in [1.29, 1.82) is 0 Å². The highest BCUT2D eigenvalue weighted by atomic mass is 16.2. The molecule has 1 heterocycles. The predicted molar refractivity (Wildman–Crippen MR) is 64.1 cm³/mol. The third kappa shape index (κ3) is 4.66. The molecule has 0 saturated heterocycles. The number of terminal acetylenes is 1. The smallest absolute Gasteiger partial charge is 0.273 e. The number of aromatic nitrogens is 3. The van der Waals surface area contributed by atoms with Crippen LogP contribution in [0.2, 0.25) is 0 Å². The zero-order chi connectivity index (χ0) is 12.5. The van der Waals surface area contributed by atoms with Crippen molar-refractivity contribution >= 4 is 5.91 Å². The van der Waals surface area contributed by atoms with Crippen molar-refractivity contribution in [2.24, 2.45) is 5.73 Å². The number of hydrogen-bond acceptors (Lipinski definition) is 4. The molecule has 6 nitrogen and oxygen atoms in total. The third-order valence-corrected chi connectivity index (χ3v) is 2.16. The van der Waals surface area contributed by atoms with E-state index in [0.717, 1.165) is 19.3 Å². The summed E-state index contributed by atoms with van der Waals surface area (Å²) in [7, 11) is 0. The summed E-state index contributed by atoms with van der Waals surface area (Å²) in [6.07, 6.45) is 9.23. The molecule has 1 rings (SSSR count). The molecular weight excluding hydrogens is 218 g/mol. The van der Waals surface area contributed by atoms with Gasteiger partial charge in [0, 0.05) is 19.5 Å². The number of carbonyl (C=O) groups is 1. The second kappa shape index (κ2) is 7.41. The van der Waals surface area contributed by atoms with Gasteiger partial charge in [0.05, 0.1) is 12.7 Å². The number of rotatable bonds is 7. The molecule has 1 aromatic rings. The molecule has 3 N–H and O–H groups in total. The lowest BCUT2D eigenvalue weighted by Crippen LogP contribution is -2.24. The fraction of sp³-hybridized carbons (Fsp3) is 0.545. The first-order valence-electron chi connectivity index (χ1n) is 5.59. The zero-order valence-corrected chi connectivity index (χ0v) is 9.72. The average molecular weight is 235 g/mol. The Morgan fingerprint density at radius 3 is 3.12 bits per heavy atom. The maximum Gasteiger partial charge on any atom is 0.273 e. The number of carbonyl (C=O) groups excluding carboxylic acids is 1. The minimum Gasteiger partial charge on any atom is -0.351 e. The van der Waals surface area contributed by atoms with Crippen LogP contribution in [0, 0.1) is 12.3 Å². The summed E-state index contributed by atoms with van der Waals surface area (Å²) in [5, 5.41) is 10.3. The number of amides is 1. The van der Waals surface area contributed by atoms with E-state index in [-0.39, 0.29) is 5.91 Å². The third-order valence-electron chi connectivity index (χ3n) is 2.16. The Morgan fingerprint density at radius 2 is 2.41 bits per heavy atom. The maximum atomic E-state index is 11.6. The molecule has 0 bridgehead atoms. The molecule has 1 aromatic heterocycles. The topological polar surface area (TPSA) is 85.8 Å². The van der Waals surface area contributed by atoms with Gasteiger partial charge in [-0.05, 0) is 12.8 Å². The molecular formula is C11H17N5O. The Morgan fingerprint density at radius 1 is 1.59 bits per heavy atom. The largest absolute Gasteiger partial charge is 0.351 e. The molecule has 0 spiro atoms. The molecule has 0 atom stereocenters. The fourth-order valence-electron chi connectivity index (χ4n) is 1.29. The molecule has 0 aliphatic heterocycles. The van der Waals surface area contributed by atoms with Crippen LogP contribution in [0.15, 0.2) is 6.20 Å². The molecule has 0 fully saturated rings. The van der Waals surface area contributed by atoms with Crippen LogP contribution >= 0.6 is 0 Å². The average Bonchev–Trinajstić information content (AvgIpc) is 2.78. The van der Waals surface area contributed by atoms with Crippen LogP contribution in [0.1, 0.15) is 29.8 Å². The van der Waals surface area contributed by atoms with E-state index in [4.69, 9.17) is 12.2 Å². The van der Waals surface area contributed by atoms with Crippen LogP contribution in [-0.2, 0) is 6.54 Å². The lowest BCUT2D eigenvalue weighted by Gasteiger charge is -2.00. The first-order valence-corrected chi connectivity index (χ1v) is 5.59. The van der Waals surface area contributed by atoms with Crippen molar-refractivity contribution < 1.29 is 4.79 Å². The van der Waals surface area contributed by atoms with Gasteiger partial charge in [0.15, 0.2) is 5.69 Å². The molecule has 0 aliphatic carbocycles. The first-order chi connectivity index (χ1) is 8.27. The first kappa shape index (κ1) is 13.2. The zero-order valence-electron chi connectivity index (χ0n) is 9.72. The van der Waals surface area contributed by atoms with E-state index in [2.05, 4.69) is 21.5 Å². The highest BCUT2D eigenvalue weighted by Gasteiger charge is 2.09. The summed E-state index contributed by atoms with van der Waals surface area (Å²) < 4.78 is 1.55. The lowest BCUT2D eigenvalue weighted by molar-refractivity contribution is 0.0948. The number of unbranched alkanes of at least 4 members (excludes halogenated alkanes) is 2. The highest BCUT2D eigenvalue weighted by molar-refractivity contribution is 5.91. The van der Waals surface area contributed by atoms with Gasteiger partial charge in [0.1, 0.15) is 0 Å². The van der Waals surface area contributed by atoms with Crippen LogP contribution in [0.25, 0.3) is 0 Å². The van der Waals surface area contributed by atoms with Crippen LogP contribution in [0.4, 0.5) is 0 Å². The maximum absolute atomic E-state index is 11.6. The Labute approximate surface area is 101 Å². The van der Waals surface area contributed by atoms with E-state index in [1.807, 2.05) is 0 Å². The van der Waals surface area contributed by atoms with Crippen molar-refractivity contribution in [3.63, 3.8) is 0 Å². The number of nitrogens with two attached hydrogens (primary N) is 1. The van der Waals surface area contributed by atoms with Crippen LogP contribution in [0.3, 0.4) is 0 Å². The van der Waals surface area contributed by atoms with Gasteiger partial charge in [0.25, 0.3) is 5.91 Å². The number of nitrogens with zero attached hydrogens (tertiary/aromatic N) is 3. The second-order valence-corrected chi connectivity index (χ2v) is 3.57. The van der Waals surface area contributed by atoms with Crippen molar-refractivity contribution in [2.75, 3.05) is 13.1 Å². The van der Waals surface area contributed by atoms with Gasteiger partial charge in [-0.3, -0.25) is 9.48 Å². The van der Waals surface area contributed by atoms with E-state index >= 15 is 0 Å². The summed E-state index contributed by atoms with van der Waals surface area (Å²) in [6.45, 7) is 1.63. The summed E-state index contributed by atoms with van der Waals surface area (Å²) in [4.78, 5) is 11.6. The summed E-state index contributed by atoms with van der Waals surface area (Å²) in [6, 6.07) is 0. The minimum atomic E-state index is -0.214. The lowest BCUT2D eigenvalue weighted by atomic mass is 10.2. The molecule has 0 unspecified atom stereocenters. The summed E-state index contributed by atoms with van der Waals surface area (Å²) >= 11 is 0. The van der Waals surface area contributed by atoms with E-state index < -0.39 is 0 Å². The normalized spacial score (nSPS) is 9.88. The fourth-order valence-corrected chi connectivity index (χ4v) is 1.29. The van der Waals surface area contributed by atoms with Gasteiger partial charge in [0.2, 0.25) is 0 Å². The van der Waals surface area contributed by atoms with Crippen LogP contribution < -0.4 is 11.1 Å². The SMILES string of the molecule is C#CCCCCNC(=O)c1cn(CCN)nn1. The van der Waals surface area contributed by atoms with Gasteiger partial charge in [-0.15, -0.1) is 17.4 Å². The quantitative estimate of drug-likeness (QED) is 0.505. The van der Waals surface area contributed by atoms with Gasteiger partial charge in [-0.1, -0.05) is 5.21 Å². The molecule has 0 aromatic carbocycles. The summed E-state index contributed by atoms with van der Waals surface area (Å²) in [5.74, 6) is 2.34. The van der Waals surface area contributed by atoms with Crippen molar-refractivity contribution in [1.82, 2.24) is 20.3 Å². The Balaban J connectivity index is 2.29. The predicted octanol–water partition coefficient (Wildman–Crippen LogP) is -0.230. The molecule has 1 amide bonds. The second-order valence-electron chi connectivity index (χ2n) is 3.57. The van der Waals surface area contributed by atoms with E-state index in [9.17, 15) is 4.79 Å². The molecule has 17 heavy (non-hydrogen) atoms. The monoisotopic (exact) mass is 235 g/mol. The van der Waals surface area contributed by atoms with Gasteiger partial charge < -0.3 is 11.1 Å². The highest BCUT2D eigenvalue weighted by Crippen LogP contribution is 1.95. The van der Waals surface area contributed by atoms with E-state index in [1.54, 1.807) is 10.9 Å². The van der Waals surface area contributed by atoms with Gasteiger partial charge >= 0.3 is 0 Å². The van der Waals surface area contributed by atoms with E-state index in [1.165, 1.54) is 0 Å². The Bertz CT molecular complexity index is 393. The minimum absolute atomic E-state index is 0.214. The molecule has 0 saturated carbocycles. The molecule has 92 valence electrons. The number of nitrogens with one attached hydrogen (secondary N) is 1. The molecule has 0 radical (unpaired) electrons. The summed E-state index contributed by atoms with van der Waals surface area (Å²) in [5.41, 5.74) is 5.68. The Kier molecular flexibility index (Phi) is 5.75.